The Morgan fingerprint density at radius 1 is 0.931 bits per heavy atom. The van der Waals surface area contributed by atoms with Crippen molar-refractivity contribution in [3.63, 3.8) is 0 Å². The van der Waals surface area contributed by atoms with Gasteiger partial charge < -0.3 is 14.8 Å². The number of amides is 3. The molecule has 0 unspecified atom stereocenters. The highest BCUT2D eigenvalue weighted by Gasteiger charge is 2.14. The predicted molar refractivity (Wildman–Crippen MR) is 113 cm³/mol. The van der Waals surface area contributed by atoms with Crippen LogP contribution < -0.4 is 20.1 Å². The lowest BCUT2D eigenvalue weighted by atomic mass is 10.2. The van der Waals surface area contributed by atoms with Gasteiger partial charge in [-0.1, -0.05) is 37.3 Å². The third kappa shape index (κ3) is 7.46. The van der Waals surface area contributed by atoms with Crippen molar-refractivity contribution < 1.29 is 19.1 Å². The topological polar surface area (TPSA) is 79.9 Å². The van der Waals surface area contributed by atoms with Crippen LogP contribution in [0.1, 0.15) is 26.3 Å². The molecule has 2 aromatic rings. The summed E-state index contributed by atoms with van der Waals surface area (Å²) < 4.78 is 11.1. The molecular weight excluding hydrogens is 370 g/mol. The summed E-state index contributed by atoms with van der Waals surface area (Å²) in [5.74, 6) is 0.783. The molecule has 0 aliphatic carbocycles. The van der Waals surface area contributed by atoms with Crippen LogP contribution in [-0.4, -0.2) is 43.1 Å². The minimum absolute atomic E-state index is 0.131. The van der Waals surface area contributed by atoms with Gasteiger partial charge in [0.15, 0.2) is 11.5 Å². The van der Waals surface area contributed by atoms with Crippen LogP contribution in [0.3, 0.4) is 0 Å². The van der Waals surface area contributed by atoms with E-state index in [2.05, 4.69) is 10.6 Å². The Morgan fingerprint density at radius 2 is 1.62 bits per heavy atom. The number of rotatable bonds is 10. The maximum Gasteiger partial charge on any atom is 0.325 e. The zero-order valence-corrected chi connectivity index (χ0v) is 17.2. The van der Waals surface area contributed by atoms with Gasteiger partial charge in [0.25, 0.3) is 0 Å². The highest BCUT2D eigenvalue weighted by atomic mass is 16.5. The first-order chi connectivity index (χ1) is 14.0. The van der Waals surface area contributed by atoms with E-state index < -0.39 is 6.03 Å². The molecule has 0 saturated heterocycles. The summed E-state index contributed by atoms with van der Waals surface area (Å²) in [7, 11) is 0. The van der Waals surface area contributed by atoms with E-state index in [1.54, 1.807) is 18.2 Å². The number of urea groups is 1. The first-order valence-electron chi connectivity index (χ1n) is 9.82. The van der Waals surface area contributed by atoms with Crippen molar-refractivity contribution in [2.45, 2.75) is 27.3 Å². The lowest BCUT2D eigenvalue weighted by molar-refractivity contribution is -0.121. The molecule has 0 radical (unpaired) electrons. The van der Waals surface area contributed by atoms with E-state index in [0.717, 1.165) is 5.56 Å². The van der Waals surface area contributed by atoms with Gasteiger partial charge in [0.05, 0.1) is 19.8 Å². The standard InChI is InChI=1S/C22H29N3O4/c1-4-25(15-17-10-8-7-9-11-17)16-21(26)24-22(27)23-18-12-13-19(28-5-2)20(14-18)29-6-3/h7-14H,4-6,15-16H2,1-3H3,(H2,23,24,26,27). The lowest BCUT2D eigenvalue weighted by Gasteiger charge is -2.19. The van der Waals surface area contributed by atoms with Crippen molar-refractivity contribution in [3.8, 4) is 11.5 Å². The average Bonchev–Trinajstić information content (AvgIpc) is 2.70. The highest BCUT2D eigenvalue weighted by Crippen LogP contribution is 2.30. The van der Waals surface area contributed by atoms with Crippen LogP contribution in [-0.2, 0) is 11.3 Å². The summed E-state index contributed by atoms with van der Waals surface area (Å²) in [6, 6.07) is 14.4. The van der Waals surface area contributed by atoms with Gasteiger partial charge in [0, 0.05) is 18.3 Å². The van der Waals surface area contributed by atoms with Gasteiger partial charge in [-0.05, 0) is 38.1 Å². The fourth-order valence-electron chi connectivity index (χ4n) is 2.78. The van der Waals surface area contributed by atoms with E-state index in [0.29, 0.717) is 43.5 Å². The Hall–Kier alpha value is -3.06. The van der Waals surface area contributed by atoms with Gasteiger partial charge in [-0.15, -0.1) is 0 Å². The number of anilines is 1. The molecule has 7 heteroatoms. The molecule has 7 nitrogen and oxygen atoms in total. The number of hydrogen-bond donors (Lipinski definition) is 2. The summed E-state index contributed by atoms with van der Waals surface area (Å²) in [6.07, 6.45) is 0. The first kappa shape index (κ1) is 22.2. The van der Waals surface area contributed by atoms with Gasteiger partial charge in [0.1, 0.15) is 0 Å². The Labute approximate surface area is 172 Å². The van der Waals surface area contributed by atoms with Gasteiger partial charge in [-0.25, -0.2) is 4.79 Å². The molecule has 2 rings (SSSR count). The Bertz CT molecular complexity index is 796. The van der Waals surface area contributed by atoms with Crippen molar-refractivity contribution in [2.75, 3.05) is 31.6 Å². The van der Waals surface area contributed by atoms with Gasteiger partial charge in [-0.2, -0.15) is 0 Å². The molecule has 0 heterocycles. The lowest BCUT2D eigenvalue weighted by Crippen LogP contribution is -2.41. The largest absolute Gasteiger partial charge is 0.490 e. The van der Waals surface area contributed by atoms with Crippen LogP contribution in [0.15, 0.2) is 48.5 Å². The molecule has 3 amide bonds. The molecule has 0 spiro atoms. The van der Waals surface area contributed by atoms with Gasteiger partial charge in [0.2, 0.25) is 5.91 Å². The van der Waals surface area contributed by atoms with Crippen molar-refractivity contribution in [2.24, 2.45) is 0 Å². The zero-order valence-electron chi connectivity index (χ0n) is 17.2. The third-order valence-electron chi connectivity index (χ3n) is 4.12. The Kier molecular flexibility index (Phi) is 8.98. The smallest absolute Gasteiger partial charge is 0.325 e. The molecule has 0 atom stereocenters. The normalized spacial score (nSPS) is 10.5. The molecule has 2 aromatic carbocycles. The van der Waals surface area contributed by atoms with E-state index in [4.69, 9.17) is 9.47 Å². The summed E-state index contributed by atoms with van der Waals surface area (Å²) >= 11 is 0. The Balaban J connectivity index is 1.90. The quantitative estimate of drug-likeness (QED) is 0.637. The molecule has 0 aliphatic heterocycles. The number of nitrogens with one attached hydrogen (secondary N) is 2. The van der Waals surface area contributed by atoms with Crippen molar-refractivity contribution in [1.82, 2.24) is 10.2 Å². The van der Waals surface area contributed by atoms with Crippen LogP contribution in [0.2, 0.25) is 0 Å². The van der Waals surface area contributed by atoms with Crippen LogP contribution in [0, 0.1) is 0 Å². The number of likely N-dealkylation sites (N-methyl/N-ethyl adjacent to an activating group) is 1. The zero-order chi connectivity index (χ0) is 21.1. The minimum Gasteiger partial charge on any atom is -0.490 e. The number of carbonyl (C=O) groups is 2. The van der Waals surface area contributed by atoms with Gasteiger partial charge in [-0.3, -0.25) is 15.0 Å². The maximum absolute atomic E-state index is 12.3. The number of benzene rings is 2. The molecule has 0 fully saturated rings. The molecule has 0 aromatic heterocycles. The van der Waals surface area contributed by atoms with E-state index >= 15 is 0 Å². The van der Waals surface area contributed by atoms with Gasteiger partial charge >= 0.3 is 6.03 Å². The number of carbonyl (C=O) groups excluding carboxylic acids is 2. The summed E-state index contributed by atoms with van der Waals surface area (Å²) in [5, 5.41) is 5.02. The SMILES string of the molecule is CCOc1ccc(NC(=O)NC(=O)CN(CC)Cc2ccccc2)cc1OCC. The summed E-state index contributed by atoms with van der Waals surface area (Å²) in [6.45, 7) is 8.19. The molecule has 2 N–H and O–H groups in total. The fourth-order valence-corrected chi connectivity index (χ4v) is 2.78. The first-order valence-corrected chi connectivity index (χ1v) is 9.82. The third-order valence-corrected chi connectivity index (χ3v) is 4.12. The number of hydrogen-bond acceptors (Lipinski definition) is 5. The average molecular weight is 399 g/mol. The number of ether oxygens (including phenoxy) is 2. The second-order valence-electron chi connectivity index (χ2n) is 6.32. The summed E-state index contributed by atoms with van der Waals surface area (Å²) in [5.41, 5.74) is 1.63. The molecule has 0 aliphatic rings. The van der Waals surface area contributed by atoms with Crippen molar-refractivity contribution in [3.05, 3.63) is 54.1 Å². The highest BCUT2D eigenvalue weighted by molar-refractivity contribution is 6.01. The number of nitrogens with zero attached hydrogens (tertiary/aromatic N) is 1. The second-order valence-corrected chi connectivity index (χ2v) is 6.32. The van der Waals surface area contributed by atoms with Crippen LogP contribution in [0.4, 0.5) is 10.5 Å². The molecule has 0 saturated carbocycles. The molecular formula is C22H29N3O4. The van der Waals surface area contributed by atoms with Crippen molar-refractivity contribution >= 4 is 17.6 Å². The van der Waals surface area contributed by atoms with Crippen molar-refractivity contribution in [1.29, 1.82) is 0 Å². The van der Waals surface area contributed by atoms with Crippen LogP contribution in [0.25, 0.3) is 0 Å². The molecule has 156 valence electrons. The van der Waals surface area contributed by atoms with Crippen LogP contribution >= 0.6 is 0 Å². The van der Waals surface area contributed by atoms with E-state index in [9.17, 15) is 9.59 Å². The summed E-state index contributed by atoms with van der Waals surface area (Å²) in [4.78, 5) is 26.4. The van der Waals surface area contributed by atoms with E-state index in [1.165, 1.54) is 0 Å². The van der Waals surface area contributed by atoms with Crippen LogP contribution in [0.5, 0.6) is 11.5 Å². The number of imide groups is 1. The minimum atomic E-state index is -0.586. The fraction of sp³-hybridized carbons (Fsp3) is 0.364. The van der Waals surface area contributed by atoms with E-state index in [-0.39, 0.29) is 12.5 Å². The monoisotopic (exact) mass is 399 g/mol. The predicted octanol–water partition coefficient (Wildman–Crippen LogP) is 3.65. The van der Waals surface area contributed by atoms with E-state index in [1.807, 2.05) is 56.0 Å². The maximum atomic E-state index is 12.3. The molecule has 29 heavy (non-hydrogen) atoms. The Morgan fingerprint density at radius 3 is 2.28 bits per heavy atom. The second kappa shape index (κ2) is 11.7. The molecule has 0 bridgehead atoms.